The van der Waals surface area contributed by atoms with Crippen LogP contribution in [0.1, 0.15) is 27.7 Å². The van der Waals surface area contributed by atoms with Crippen molar-refractivity contribution in [1.29, 1.82) is 0 Å². The molecule has 2 atom stereocenters. The van der Waals surface area contributed by atoms with E-state index in [1.165, 1.54) is 0 Å². The van der Waals surface area contributed by atoms with Crippen LogP contribution in [0, 0.1) is 0 Å². The van der Waals surface area contributed by atoms with Crippen molar-refractivity contribution in [3.05, 3.63) is 0 Å². The fourth-order valence-corrected chi connectivity index (χ4v) is 1.09. The third-order valence-corrected chi connectivity index (χ3v) is 1.84. The number of carbonyl (C=O) groups is 1. The number of carbonyl (C=O) groups excluding carboxylic acids is 1. The Bertz CT molecular complexity index is 233. The van der Waals surface area contributed by atoms with Gasteiger partial charge in [0.25, 0.3) is 0 Å². The van der Waals surface area contributed by atoms with E-state index in [1.54, 1.807) is 0 Å². The molecule has 1 N–H and O–H groups in total. The van der Waals surface area contributed by atoms with Crippen LogP contribution < -0.4 is 5.32 Å². The Kier molecular flexibility index (Phi) is 4.56. The highest BCUT2D eigenvalue weighted by atomic mass is 16.6. The lowest BCUT2D eigenvalue weighted by Gasteiger charge is -2.21. The number of ether oxygens (including phenoxy) is 3. The lowest BCUT2D eigenvalue weighted by atomic mass is 10.2. The Morgan fingerprint density at radius 1 is 1.56 bits per heavy atom. The number of rotatable bonds is 5. The number of nitrogens with one attached hydrogen (secondary N) is 1. The molecular formula is C11H21NO4. The Morgan fingerprint density at radius 3 is 2.69 bits per heavy atom. The monoisotopic (exact) mass is 231 g/mol. The van der Waals surface area contributed by atoms with E-state index in [4.69, 9.17) is 14.2 Å². The topological polar surface area (TPSA) is 60.1 Å². The average molecular weight is 231 g/mol. The van der Waals surface area contributed by atoms with Crippen molar-refractivity contribution in [3.63, 3.8) is 0 Å². The van der Waals surface area contributed by atoms with Gasteiger partial charge in [-0.2, -0.15) is 0 Å². The summed E-state index contributed by atoms with van der Waals surface area (Å²) in [5, 5.41) is 2.70. The first-order valence-electron chi connectivity index (χ1n) is 5.55. The second kappa shape index (κ2) is 5.50. The van der Waals surface area contributed by atoms with E-state index in [9.17, 15) is 4.79 Å². The fraction of sp³-hybridized carbons (Fsp3) is 0.909. The van der Waals surface area contributed by atoms with Gasteiger partial charge in [-0.15, -0.1) is 0 Å². The summed E-state index contributed by atoms with van der Waals surface area (Å²) in [6.07, 6.45) is -0.153. The summed E-state index contributed by atoms with van der Waals surface area (Å²) in [5.41, 5.74) is -0.466. The van der Waals surface area contributed by atoms with Crippen molar-refractivity contribution in [2.24, 2.45) is 0 Å². The van der Waals surface area contributed by atoms with Crippen LogP contribution in [0.15, 0.2) is 0 Å². The van der Waals surface area contributed by atoms with Gasteiger partial charge in [0.15, 0.2) is 0 Å². The van der Waals surface area contributed by atoms with Gasteiger partial charge in [-0.3, -0.25) is 0 Å². The summed E-state index contributed by atoms with van der Waals surface area (Å²) >= 11 is 0. The van der Waals surface area contributed by atoms with Gasteiger partial charge in [-0.25, -0.2) is 4.79 Å². The van der Waals surface area contributed by atoms with Crippen LogP contribution in [-0.4, -0.2) is 43.7 Å². The molecule has 0 aliphatic carbocycles. The summed E-state index contributed by atoms with van der Waals surface area (Å²) in [6, 6.07) is -0.0615. The molecule has 0 spiro atoms. The molecule has 0 aromatic rings. The first kappa shape index (κ1) is 13.3. The van der Waals surface area contributed by atoms with Crippen molar-refractivity contribution in [2.45, 2.75) is 45.4 Å². The fourth-order valence-electron chi connectivity index (χ4n) is 1.09. The highest BCUT2D eigenvalue weighted by molar-refractivity contribution is 5.68. The standard InChI is InChI=1S/C11H21NO4/c1-8(5-14-6-9-7-15-9)12-10(13)16-11(2,3)4/h8-9H,5-7H2,1-4H3,(H,12,13)/t8?,9-/m0/s1. The van der Waals surface area contributed by atoms with Crippen LogP contribution in [0.4, 0.5) is 4.79 Å². The molecule has 5 nitrogen and oxygen atoms in total. The molecule has 1 saturated heterocycles. The molecule has 0 radical (unpaired) electrons. The number of hydrogen-bond donors (Lipinski definition) is 1. The minimum atomic E-state index is -0.466. The second-order valence-corrected chi connectivity index (χ2v) is 5.04. The minimum absolute atomic E-state index is 0.0615. The molecule has 94 valence electrons. The molecule has 1 heterocycles. The molecular weight excluding hydrogens is 210 g/mol. The smallest absolute Gasteiger partial charge is 0.407 e. The summed E-state index contributed by atoms with van der Waals surface area (Å²) in [7, 11) is 0. The molecule has 16 heavy (non-hydrogen) atoms. The Balaban J connectivity index is 2.07. The molecule has 1 unspecified atom stereocenters. The molecule has 1 rings (SSSR count). The predicted molar refractivity (Wildman–Crippen MR) is 59.4 cm³/mol. The van der Waals surface area contributed by atoms with Gasteiger partial charge < -0.3 is 19.5 Å². The number of epoxide rings is 1. The van der Waals surface area contributed by atoms with Crippen LogP contribution in [0.5, 0.6) is 0 Å². The van der Waals surface area contributed by atoms with Crippen LogP contribution in [0.3, 0.4) is 0 Å². The molecule has 1 fully saturated rings. The maximum Gasteiger partial charge on any atom is 0.407 e. The molecule has 0 bridgehead atoms. The van der Waals surface area contributed by atoms with E-state index < -0.39 is 11.7 Å². The van der Waals surface area contributed by atoms with Gasteiger partial charge in [0.05, 0.1) is 25.9 Å². The highest BCUT2D eigenvalue weighted by Gasteiger charge is 2.23. The average Bonchev–Trinajstić information content (AvgIpc) is 2.83. The molecule has 0 aromatic heterocycles. The summed E-state index contributed by atoms with van der Waals surface area (Å²) in [6.45, 7) is 9.22. The normalized spacial score (nSPS) is 21.4. The van der Waals surface area contributed by atoms with Gasteiger partial charge in [0, 0.05) is 0 Å². The van der Waals surface area contributed by atoms with Gasteiger partial charge in [-0.1, -0.05) is 0 Å². The molecule has 5 heteroatoms. The zero-order valence-corrected chi connectivity index (χ0v) is 10.4. The van der Waals surface area contributed by atoms with Crippen LogP contribution in [0.2, 0.25) is 0 Å². The van der Waals surface area contributed by atoms with E-state index >= 15 is 0 Å². The van der Waals surface area contributed by atoms with Crippen molar-refractivity contribution >= 4 is 6.09 Å². The van der Waals surface area contributed by atoms with Crippen molar-refractivity contribution in [2.75, 3.05) is 19.8 Å². The summed E-state index contributed by atoms with van der Waals surface area (Å²) in [4.78, 5) is 11.4. The zero-order valence-electron chi connectivity index (χ0n) is 10.4. The quantitative estimate of drug-likeness (QED) is 0.725. The predicted octanol–water partition coefficient (Wildman–Crippen LogP) is 1.31. The molecule has 0 aromatic carbocycles. The number of amides is 1. The van der Waals surface area contributed by atoms with Crippen molar-refractivity contribution in [1.82, 2.24) is 5.32 Å². The van der Waals surface area contributed by atoms with E-state index in [0.29, 0.717) is 13.2 Å². The maximum atomic E-state index is 11.4. The Labute approximate surface area is 96.4 Å². The maximum absolute atomic E-state index is 11.4. The van der Waals surface area contributed by atoms with E-state index in [1.807, 2.05) is 27.7 Å². The highest BCUT2D eigenvalue weighted by Crippen LogP contribution is 2.09. The number of hydrogen-bond acceptors (Lipinski definition) is 4. The minimum Gasteiger partial charge on any atom is -0.444 e. The Morgan fingerprint density at radius 2 is 2.19 bits per heavy atom. The van der Waals surface area contributed by atoms with E-state index in [0.717, 1.165) is 6.61 Å². The molecule has 1 aliphatic rings. The van der Waals surface area contributed by atoms with Crippen LogP contribution in [-0.2, 0) is 14.2 Å². The first-order chi connectivity index (χ1) is 7.37. The Hall–Kier alpha value is -0.810. The third kappa shape index (κ3) is 6.63. The van der Waals surface area contributed by atoms with Gasteiger partial charge in [-0.05, 0) is 27.7 Å². The molecule has 0 saturated carbocycles. The van der Waals surface area contributed by atoms with Gasteiger partial charge in [0.2, 0.25) is 0 Å². The first-order valence-corrected chi connectivity index (χ1v) is 5.55. The van der Waals surface area contributed by atoms with Gasteiger partial charge >= 0.3 is 6.09 Å². The molecule has 1 aliphatic heterocycles. The SMILES string of the molecule is CC(COC[C@H]1CO1)NC(=O)OC(C)(C)C. The van der Waals surface area contributed by atoms with Crippen molar-refractivity contribution in [3.8, 4) is 0 Å². The van der Waals surface area contributed by atoms with E-state index in [-0.39, 0.29) is 12.1 Å². The van der Waals surface area contributed by atoms with Crippen molar-refractivity contribution < 1.29 is 19.0 Å². The zero-order chi connectivity index (χ0) is 12.2. The molecule has 1 amide bonds. The van der Waals surface area contributed by atoms with Crippen LogP contribution >= 0.6 is 0 Å². The third-order valence-electron chi connectivity index (χ3n) is 1.84. The lowest BCUT2D eigenvalue weighted by Crippen LogP contribution is -2.40. The summed E-state index contributed by atoms with van der Waals surface area (Å²) in [5.74, 6) is 0. The largest absolute Gasteiger partial charge is 0.444 e. The van der Waals surface area contributed by atoms with E-state index in [2.05, 4.69) is 5.32 Å². The second-order valence-electron chi connectivity index (χ2n) is 5.04. The van der Waals surface area contributed by atoms with Crippen LogP contribution in [0.25, 0.3) is 0 Å². The summed E-state index contributed by atoms with van der Waals surface area (Å²) < 4.78 is 15.5. The van der Waals surface area contributed by atoms with Gasteiger partial charge in [0.1, 0.15) is 11.7 Å². The lowest BCUT2D eigenvalue weighted by molar-refractivity contribution is 0.0444. The number of alkyl carbamates (subject to hydrolysis) is 1.